The molecule has 0 saturated carbocycles. The molecule has 1 aromatic rings. The molecule has 0 atom stereocenters. The fraction of sp³-hybridized carbons (Fsp3) is 0.611. The first-order chi connectivity index (χ1) is 11.2. The second-order valence-corrected chi connectivity index (χ2v) is 6.53. The number of nitrogens with one attached hydrogen (secondary N) is 1. The fourth-order valence-electron chi connectivity index (χ4n) is 3.79. The van der Waals surface area contributed by atoms with E-state index < -0.39 is 0 Å². The van der Waals surface area contributed by atoms with Crippen LogP contribution in [-0.2, 0) is 14.9 Å². The maximum absolute atomic E-state index is 12.9. The quantitative estimate of drug-likeness (QED) is 0.905. The van der Waals surface area contributed by atoms with Crippen molar-refractivity contribution in [3.05, 3.63) is 23.8 Å². The summed E-state index contributed by atoms with van der Waals surface area (Å²) < 4.78 is 18.4. The summed E-state index contributed by atoms with van der Waals surface area (Å²) in [5.74, 6) is 0.0482. The number of fused-ring (bicyclic) bond motifs is 2. The van der Waals surface area contributed by atoms with Crippen LogP contribution in [0.15, 0.2) is 18.2 Å². The number of ether oxygens (including phenoxy) is 1. The summed E-state index contributed by atoms with van der Waals surface area (Å²) in [6, 6.07) is 6.04. The Hall–Kier alpha value is -1.62. The summed E-state index contributed by atoms with van der Waals surface area (Å²) in [6.45, 7) is 4.42. The average molecular weight is 320 g/mol. The fourth-order valence-corrected chi connectivity index (χ4v) is 3.79. The van der Waals surface area contributed by atoms with Gasteiger partial charge in [-0.3, -0.25) is 4.79 Å². The zero-order valence-electron chi connectivity index (χ0n) is 13.7. The van der Waals surface area contributed by atoms with E-state index in [0.29, 0.717) is 13.0 Å². The maximum atomic E-state index is 12.9. The summed E-state index contributed by atoms with van der Waals surface area (Å²) in [4.78, 5) is 14.0. The molecule has 4 nitrogen and oxygen atoms in total. The highest BCUT2D eigenvalue weighted by molar-refractivity contribution is 5.91. The van der Waals surface area contributed by atoms with Crippen molar-refractivity contribution < 1.29 is 13.9 Å². The van der Waals surface area contributed by atoms with Gasteiger partial charge in [-0.05, 0) is 43.0 Å². The van der Waals surface area contributed by atoms with Gasteiger partial charge < -0.3 is 15.0 Å². The van der Waals surface area contributed by atoms with E-state index in [0.717, 1.165) is 50.4 Å². The molecule has 1 fully saturated rings. The third-order valence-electron chi connectivity index (χ3n) is 4.97. The van der Waals surface area contributed by atoms with E-state index >= 15 is 0 Å². The van der Waals surface area contributed by atoms with Gasteiger partial charge in [0.1, 0.15) is 6.67 Å². The Labute approximate surface area is 137 Å². The molecule has 1 spiro atoms. The van der Waals surface area contributed by atoms with E-state index in [4.69, 9.17) is 4.74 Å². The van der Waals surface area contributed by atoms with Crippen LogP contribution in [0.1, 0.15) is 38.2 Å². The molecule has 3 rings (SSSR count). The molecule has 126 valence electrons. The number of nitrogens with zero attached hydrogens (tertiary/aromatic N) is 1. The minimum atomic E-state index is -0.346. The van der Waals surface area contributed by atoms with Gasteiger partial charge in [-0.2, -0.15) is 0 Å². The van der Waals surface area contributed by atoms with Crippen LogP contribution in [0.25, 0.3) is 0 Å². The van der Waals surface area contributed by atoms with Gasteiger partial charge in [-0.15, -0.1) is 0 Å². The van der Waals surface area contributed by atoms with Gasteiger partial charge in [0.15, 0.2) is 0 Å². The van der Waals surface area contributed by atoms with E-state index in [1.54, 1.807) is 0 Å². The van der Waals surface area contributed by atoms with Gasteiger partial charge in [0.2, 0.25) is 5.91 Å². The first-order valence-corrected chi connectivity index (χ1v) is 8.51. The van der Waals surface area contributed by atoms with Crippen molar-refractivity contribution in [1.82, 2.24) is 0 Å². The third kappa shape index (κ3) is 3.20. The summed E-state index contributed by atoms with van der Waals surface area (Å²) in [5.41, 5.74) is 3.23. The largest absolute Gasteiger partial charge is 0.381 e. The van der Waals surface area contributed by atoms with Crippen molar-refractivity contribution >= 4 is 17.3 Å². The van der Waals surface area contributed by atoms with Crippen molar-refractivity contribution in [2.45, 2.75) is 38.0 Å². The average Bonchev–Trinajstić information content (AvgIpc) is 2.82. The predicted molar refractivity (Wildman–Crippen MR) is 89.9 cm³/mol. The number of halogens is 1. The molecule has 0 bridgehead atoms. The highest BCUT2D eigenvalue weighted by atomic mass is 19.1. The van der Waals surface area contributed by atoms with Crippen LogP contribution in [-0.4, -0.2) is 38.9 Å². The summed E-state index contributed by atoms with van der Waals surface area (Å²) in [7, 11) is 0. The number of amides is 1. The lowest BCUT2D eigenvalue weighted by Gasteiger charge is -2.34. The molecular formula is C18H25FN2O2. The monoisotopic (exact) mass is 320 g/mol. The SMILES string of the molecule is CCCC(=O)Nc1ccc2c(c1)C1(CCOCC1)CN2CCF. The van der Waals surface area contributed by atoms with Crippen molar-refractivity contribution in [1.29, 1.82) is 0 Å². The Balaban J connectivity index is 1.90. The van der Waals surface area contributed by atoms with Crippen molar-refractivity contribution in [3.63, 3.8) is 0 Å². The lowest BCUT2D eigenvalue weighted by atomic mass is 9.76. The molecule has 1 amide bonds. The van der Waals surface area contributed by atoms with E-state index in [9.17, 15) is 9.18 Å². The molecule has 1 saturated heterocycles. The number of benzene rings is 1. The van der Waals surface area contributed by atoms with Gasteiger partial charge >= 0.3 is 0 Å². The second kappa shape index (κ2) is 6.87. The Morgan fingerprint density at radius 1 is 1.39 bits per heavy atom. The van der Waals surface area contributed by atoms with Crippen LogP contribution in [0.5, 0.6) is 0 Å². The van der Waals surface area contributed by atoms with Crippen molar-refractivity contribution in [3.8, 4) is 0 Å². The number of carbonyl (C=O) groups is 1. The Kier molecular flexibility index (Phi) is 4.85. The lowest BCUT2D eigenvalue weighted by molar-refractivity contribution is -0.116. The molecule has 0 aromatic heterocycles. The van der Waals surface area contributed by atoms with Crippen LogP contribution < -0.4 is 10.2 Å². The summed E-state index contributed by atoms with van der Waals surface area (Å²) in [5, 5.41) is 2.98. The van der Waals surface area contributed by atoms with Crippen LogP contribution in [0.2, 0.25) is 0 Å². The van der Waals surface area contributed by atoms with Crippen LogP contribution >= 0.6 is 0 Å². The smallest absolute Gasteiger partial charge is 0.224 e. The molecule has 0 aliphatic carbocycles. The molecule has 1 aromatic carbocycles. The third-order valence-corrected chi connectivity index (χ3v) is 4.97. The van der Waals surface area contributed by atoms with Crippen LogP contribution in [0, 0.1) is 0 Å². The zero-order valence-corrected chi connectivity index (χ0v) is 13.7. The molecule has 2 aliphatic rings. The standard InChI is InChI=1S/C18H25FN2O2/c1-2-3-17(22)20-14-4-5-16-15(12-14)18(6-10-23-11-7-18)13-21(16)9-8-19/h4-5,12H,2-3,6-11,13H2,1H3,(H,20,22). The van der Waals surface area contributed by atoms with E-state index in [1.165, 1.54) is 5.56 Å². The number of hydrogen-bond acceptors (Lipinski definition) is 3. The minimum Gasteiger partial charge on any atom is -0.381 e. The normalized spacial score (nSPS) is 19.0. The second-order valence-electron chi connectivity index (χ2n) is 6.53. The maximum Gasteiger partial charge on any atom is 0.224 e. The van der Waals surface area contributed by atoms with Crippen molar-refractivity contribution in [2.75, 3.05) is 43.2 Å². The number of carbonyl (C=O) groups excluding carboxylic acids is 1. The summed E-state index contributed by atoms with van der Waals surface area (Å²) >= 11 is 0. The number of hydrogen-bond donors (Lipinski definition) is 1. The first kappa shape index (κ1) is 16.2. The molecule has 0 unspecified atom stereocenters. The zero-order chi connectivity index (χ0) is 16.3. The molecule has 0 radical (unpaired) electrons. The van der Waals surface area contributed by atoms with Gasteiger partial charge in [-0.25, -0.2) is 4.39 Å². The lowest BCUT2D eigenvalue weighted by Crippen LogP contribution is -2.39. The topological polar surface area (TPSA) is 41.6 Å². The van der Waals surface area contributed by atoms with Crippen LogP contribution in [0.3, 0.4) is 0 Å². The number of alkyl halides is 1. The van der Waals surface area contributed by atoms with E-state index in [2.05, 4.69) is 16.3 Å². The molecular weight excluding hydrogens is 295 g/mol. The predicted octanol–water partition coefficient (Wildman–Crippen LogP) is 3.26. The van der Waals surface area contributed by atoms with Crippen LogP contribution in [0.4, 0.5) is 15.8 Å². The Bertz CT molecular complexity index is 570. The molecule has 23 heavy (non-hydrogen) atoms. The molecule has 1 N–H and O–H groups in total. The van der Waals surface area contributed by atoms with E-state index in [-0.39, 0.29) is 18.0 Å². The number of rotatable bonds is 5. The Morgan fingerprint density at radius 2 is 2.17 bits per heavy atom. The molecule has 5 heteroatoms. The number of anilines is 2. The highest BCUT2D eigenvalue weighted by Gasteiger charge is 2.43. The summed E-state index contributed by atoms with van der Waals surface area (Å²) in [6.07, 6.45) is 3.27. The minimum absolute atomic E-state index is 0.0360. The highest BCUT2D eigenvalue weighted by Crippen LogP contribution is 2.47. The molecule has 2 heterocycles. The van der Waals surface area contributed by atoms with Crippen molar-refractivity contribution in [2.24, 2.45) is 0 Å². The first-order valence-electron chi connectivity index (χ1n) is 8.51. The van der Waals surface area contributed by atoms with Gasteiger partial charge in [0.25, 0.3) is 0 Å². The van der Waals surface area contributed by atoms with Gasteiger partial charge in [0.05, 0.1) is 0 Å². The Morgan fingerprint density at radius 3 is 2.87 bits per heavy atom. The van der Waals surface area contributed by atoms with Gasteiger partial charge in [-0.1, -0.05) is 6.92 Å². The van der Waals surface area contributed by atoms with Gasteiger partial charge in [0, 0.05) is 49.5 Å². The molecule has 2 aliphatic heterocycles. The van der Waals surface area contributed by atoms with E-state index in [1.807, 2.05) is 19.1 Å².